The molecule has 0 aromatic carbocycles. The molecule has 3 aromatic heterocycles. The Bertz CT molecular complexity index is 1340. The van der Waals surface area contributed by atoms with Gasteiger partial charge >= 0.3 is 0 Å². The molecule has 3 aromatic rings. The Balaban J connectivity index is 1.23. The van der Waals surface area contributed by atoms with Gasteiger partial charge in [0, 0.05) is 25.1 Å². The first-order valence-corrected chi connectivity index (χ1v) is 12.3. The van der Waals surface area contributed by atoms with Crippen LogP contribution in [0.1, 0.15) is 53.3 Å². The van der Waals surface area contributed by atoms with Crippen molar-refractivity contribution < 1.29 is 27.8 Å². The predicted octanol–water partition coefficient (Wildman–Crippen LogP) is 3.74. The first-order chi connectivity index (χ1) is 17.1. The SMILES string of the molecule is CC(F)(F)COc1ccc2c(C(=O)N[C@H]3CC[C@@]4(Oc5ncccc5C(N)=O)CC4C3)cnn2c1Br. The zero-order valence-corrected chi connectivity index (χ0v) is 20.9. The van der Waals surface area contributed by atoms with Gasteiger partial charge < -0.3 is 20.5 Å². The molecule has 3 N–H and O–H groups in total. The van der Waals surface area contributed by atoms with Crippen molar-refractivity contribution in [2.24, 2.45) is 11.7 Å². The van der Waals surface area contributed by atoms with E-state index in [1.807, 2.05) is 0 Å². The molecular formula is C24H24BrF2N5O4. The molecule has 9 nitrogen and oxygen atoms in total. The highest BCUT2D eigenvalue weighted by molar-refractivity contribution is 9.10. The van der Waals surface area contributed by atoms with Crippen molar-refractivity contribution in [2.45, 2.75) is 50.2 Å². The number of halogens is 3. The Labute approximate surface area is 213 Å². The summed E-state index contributed by atoms with van der Waals surface area (Å²) in [6.45, 7) is -0.000311. The standard InChI is InChI=1S/C24H24BrF2N5O4/c1-23(26,27)12-35-18-5-4-17-16(11-30-32(17)19(18)25)21(34)31-14-6-7-24(10-13(24)9-14)36-22-15(20(28)33)3-2-8-29-22/h2-5,8,11,13-14H,6-7,9-10,12H2,1H3,(H2,28,33)(H,31,34)/t13?,14-,24+/m0/s1. The lowest BCUT2D eigenvalue weighted by molar-refractivity contribution is -0.0233. The number of rotatable bonds is 8. The van der Waals surface area contributed by atoms with Gasteiger partial charge in [-0.25, -0.2) is 18.3 Å². The van der Waals surface area contributed by atoms with E-state index in [0.717, 1.165) is 19.8 Å². The molecule has 2 saturated carbocycles. The van der Waals surface area contributed by atoms with Gasteiger partial charge in [-0.15, -0.1) is 0 Å². The first kappa shape index (κ1) is 24.4. The number of nitrogens with one attached hydrogen (secondary N) is 1. The first-order valence-electron chi connectivity index (χ1n) is 11.5. The number of primary amides is 1. The number of carbonyl (C=O) groups is 2. The summed E-state index contributed by atoms with van der Waals surface area (Å²) >= 11 is 3.32. The molecule has 3 heterocycles. The molecule has 190 valence electrons. The number of aromatic nitrogens is 3. The van der Waals surface area contributed by atoms with E-state index in [1.165, 1.54) is 16.8 Å². The summed E-state index contributed by atoms with van der Waals surface area (Å²) in [6.07, 6.45) is 5.96. The number of fused-ring (bicyclic) bond motifs is 2. The van der Waals surface area contributed by atoms with Crippen LogP contribution in [0.2, 0.25) is 0 Å². The Kier molecular flexibility index (Phi) is 6.09. The number of amides is 2. The number of hydrogen-bond acceptors (Lipinski definition) is 6. The van der Waals surface area contributed by atoms with Crippen LogP contribution in [0.5, 0.6) is 11.6 Å². The second kappa shape index (κ2) is 8.99. The fourth-order valence-corrected chi connectivity index (χ4v) is 5.28. The Morgan fingerprint density at radius 2 is 2.14 bits per heavy atom. The number of nitrogens with two attached hydrogens (primary N) is 1. The van der Waals surface area contributed by atoms with Crippen LogP contribution in [-0.4, -0.2) is 50.6 Å². The third-order valence-electron chi connectivity index (χ3n) is 6.65. The average molecular weight is 564 g/mol. The molecule has 3 atom stereocenters. The van der Waals surface area contributed by atoms with E-state index in [2.05, 4.69) is 31.3 Å². The molecule has 2 fully saturated rings. The van der Waals surface area contributed by atoms with E-state index in [-0.39, 0.29) is 40.7 Å². The van der Waals surface area contributed by atoms with Crippen molar-refractivity contribution in [3.8, 4) is 11.6 Å². The van der Waals surface area contributed by atoms with Crippen molar-refractivity contribution >= 4 is 33.3 Å². The molecule has 0 spiro atoms. The van der Waals surface area contributed by atoms with E-state index in [1.54, 1.807) is 24.4 Å². The van der Waals surface area contributed by atoms with Crippen molar-refractivity contribution in [3.05, 3.63) is 52.4 Å². The summed E-state index contributed by atoms with van der Waals surface area (Å²) < 4.78 is 39.4. The third-order valence-corrected chi connectivity index (χ3v) is 7.37. The fourth-order valence-electron chi connectivity index (χ4n) is 4.75. The van der Waals surface area contributed by atoms with Gasteiger partial charge in [0.2, 0.25) is 5.88 Å². The average Bonchev–Trinajstić information content (AvgIpc) is 3.34. The molecule has 2 aliphatic carbocycles. The van der Waals surface area contributed by atoms with Crippen LogP contribution in [0.15, 0.2) is 41.3 Å². The fraction of sp³-hybridized carbons (Fsp3) is 0.417. The summed E-state index contributed by atoms with van der Waals surface area (Å²) in [7, 11) is 0. The topological polar surface area (TPSA) is 121 Å². The number of ether oxygens (including phenoxy) is 2. The summed E-state index contributed by atoms with van der Waals surface area (Å²) in [4.78, 5) is 28.9. The quantitative estimate of drug-likeness (QED) is 0.403. The molecule has 0 radical (unpaired) electrons. The number of hydrogen-bond donors (Lipinski definition) is 2. The predicted molar refractivity (Wildman–Crippen MR) is 128 cm³/mol. The molecule has 2 aliphatic rings. The van der Waals surface area contributed by atoms with E-state index in [9.17, 15) is 18.4 Å². The minimum atomic E-state index is -2.98. The smallest absolute Gasteiger partial charge is 0.278 e. The zero-order chi connectivity index (χ0) is 25.7. The van der Waals surface area contributed by atoms with Gasteiger partial charge in [0.1, 0.15) is 15.8 Å². The van der Waals surface area contributed by atoms with Crippen LogP contribution in [0.3, 0.4) is 0 Å². The van der Waals surface area contributed by atoms with Gasteiger partial charge in [-0.3, -0.25) is 9.59 Å². The van der Waals surface area contributed by atoms with Crippen molar-refractivity contribution in [1.82, 2.24) is 19.9 Å². The summed E-state index contributed by atoms with van der Waals surface area (Å²) in [5.74, 6) is -3.16. The van der Waals surface area contributed by atoms with Crippen LogP contribution in [0.25, 0.3) is 5.52 Å². The van der Waals surface area contributed by atoms with Gasteiger partial charge in [0.25, 0.3) is 17.7 Å². The molecule has 36 heavy (non-hydrogen) atoms. The van der Waals surface area contributed by atoms with Crippen LogP contribution >= 0.6 is 15.9 Å². The number of nitrogens with zero attached hydrogens (tertiary/aromatic N) is 3. The lowest BCUT2D eigenvalue weighted by Crippen LogP contribution is -2.40. The maximum atomic E-state index is 13.2. The largest absolute Gasteiger partial charge is 0.484 e. The molecule has 0 bridgehead atoms. The number of alkyl halides is 2. The lowest BCUT2D eigenvalue weighted by atomic mass is 9.92. The molecule has 5 rings (SSSR count). The van der Waals surface area contributed by atoms with Crippen LogP contribution in [0.4, 0.5) is 8.78 Å². The third kappa shape index (κ3) is 4.73. The lowest BCUT2D eigenvalue weighted by Gasteiger charge is -2.29. The van der Waals surface area contributed by atoms with E-state index in [0.29, 0.717) is 28.5 Å². The molecule has 12 heteroatoms. The number of pyridine rings is 2. The minimum Gasteiger partial charge on any atom is -0.484 e. The highest BCUT2D eigenvalue weighted by atomic mass is 79.9. The maximum absolute atomic E-state index is 13.2. The Morgan fingerprint density at radius 3 is 2.86 bits per heavy atom. The second-order valence-electron chi connectivity index (χ2n) is 9.44. The highest BCUT2D eigenvalue weighted by Crippen LogP contribution is 2.56. The van der Waals surface area contributed by atoms with Gasteiger partial charge in [-0.05, 0) is 65.9 Å². The molecular weight excluding hydrogens is 540 g/mol. The van der Waals surface area contributed by atoms with Crippen molar-refractivity contribution in [2.75, 3.05) is 6.61 Å². The zero-order valence-electron chi connectivity index (χ0n) is 19.3. The van der Waals surface area contributed by atoms with Gasteiger partial charge in [-0.1, -0.05) is 0 Å². The van der Waals surface area contributed by atoms with Gasteiger partial charge in [-0.2, -0.15) is 5.10 Å². The summed E-state index contributed by atoms with van der Waals surface area (Å²) in [6, 6.07) is 6.32. The highest BCUT2D eigenvalue weighted by Gasteiger charge is 2.60. The Hall–Kier alpha value is -3.28. The molecule has 0 saturated heterocycles. The summed E-state index contributed by atoms with van der Waals surface area (Å²) in [5, 5.41) is 7.29. The maximum Gasteiger partial charge on any atom is 0.278 e. The molecule has 2 amide bonds. The normalized spacial score (nSPS) is 23.1. The van der Waals surface area contributed by atoms with E-state index >= 15 is 0 Å². The van der Waals surface area contributed by atoms with Crippen molar-refractivity contribution in [1.29, 1.82) is 0 Å². The van der Waals surface area contributed by atoms with Gasteiger partial charge in [0.05, 0.1) is 17.3 Å². The molecule has 0 aliphatic heterocycles. The van der Waals surface area contributed by atoms with Crippen molar-refractivity contribution in [3.63, 3.8) is 0 Å². The van der Waals surface area contributed by atoms with E-state index in [4.69, 9.17) is 15.2 Å². The Morgan fingerprint density at radius 1 is 1.33 bits per heavy atom. The van der Waals surface area contributed by atoms with Gasteiger partial charge in [0.15, 0.2) is 12.4 Å². The van der Waals surface area contributed by atoms with Crippen LogP contribution in [0, 0.1) is 5.92 Å². The number of carbonyl (C=O) groups excluding carboxylic acids is 2. The van der Waals surface area contributed by atoms with Crippen LogP contribution < -0.4 is 20.5 Å². The van der Waals surface area contributed by atoms with Crippen LogP contribution in [-0.2, 0) is 0 Å². The summed E-state index contributed by atoms with van der Waals surface area (Å²) in [5.41, 5.74) is 6.19. The monoisotopic (exact) mass is 563 g/mol. The second-order valence-corrected chi connectivity index (χ2v) is 10.2. The minimum absolute atomic E-state index is 0.0474. The van der Waals surface area contributed by atoms with E-state index < -0.39 is 18.4 Å². The molecule has 1 unspecified atom stereocenters.